The second-order valence-electron chi connectivity index (χ2n) is 12.5. The third kappa shape index (κ3) is 5.38. The lowest BCUT2D eigenvalue weighted by molar-refractivity contribution is -0.120. The summed E-state index contributed by atoms with van der Waals surface area (Å²) in [7, 11) is 0. The largest absolute Gasteiger partial charge is 0.437 e. The van der Waals surface area contributed by atoms with Gasteiger partial charge in [-0.2, -0.15) is 0 Å². The van der Waals surface area contributed by atoms with Gasteiger partial charge in [-0.1, -0.05) is 49.6 Å². The molecule has 0 amide bonds. The predicted molar refractivity (Wildman–Crippen MR) is 166 cm³/mol. The van der Waals surface area contributed by atoms with Crippen molar-refractivity contribution in [2.45, 2.75) is 70.8 Å². The Morgan fingerprint density at radius 1 is 1.00 bits per heavy atom. The number of aryl methyl sites for hydroxylation is 1. The van der Waals surface area contributed by atoms with E-state index in [0.717, 1.165) is 71.3 Å². The summed E-state index contributed by atoms with van der Waals surface area (Å²) in [5, 5.41) is 8.96. The van der Waals surface area contributed by atoms with Gasteiger partial charge in [0.15, 0.2) is 0 Å². The predicted octanol–water partition coefficient (Wildman–Crippen LogP) is 7.04. The summed E-state index contributed by atoms with van der Waals surface area (Å²) >= 11 is 0. The zero-order valence-corrected chi connectivity index (χ0v) is 24.4. The summed E-state index contributed by atoms with van der Waals surface area (Å²) in [6, 6.07) is 16.5. The summed E-state index contributed by atoms with van der Waals surface area (Å²) in [6.07, 6.45) is 13.6. The molecule has 0 bridgehead atoms. The van der Waals surface area contributed by atoms with Crippen molar-refractivity contribution in [2.75, 3.05) is 18.4 Å². The third-order valence-electron chi connectivity index (χ3n) is 9.62. The van der Waals surface area contributed by atoms with Crippen LogP contribution in [0, 0.1) is 18.3 Å². The first-order valence-electron chi connectivity index (χ1n) is 15.6. The average Bonchev–Trinajstić information content (AvgIpc) is 3.72. The Hall–Kier alpha value is -3.84. The fourth-order valence-corrected chi connectivity index (χ4v) is 7.22. The quantitative estimate of drug-likeness (QED) is 0.239. The summed E-state index contributed by atoms with van der Waals surface area (Å²) in [6.45, 7) is 4.02. The lowest BCUT2D eigenvalue weighted by atomic mass is 9.83. The summed E-state index contributed by atoms with van der Waals surface area (Å²) in [5.74, 6) is 2.51. The van der Waals surface area contributed by atoms with Gasteiger partial charge in [0.2, 0.25) is 11.8 Å². The smallest absolute Gasteiger partial charge is 0.228 e. The van der Waals surface area contributed by atoms with Gasteiger partial charge in [-0.3, -0.25) is 4.79 Å². The van der Waals surface area contributed by atoms with E-state index in [1.165, 1.54) is 32.1 Å². The monoisotopic (exact) mass is 561 g/mol. The van der Waals surface area contributed by atoms with Crippen LogP contribution in [0.25, 0.3) is 22.0 Å². The van der Waals surface area contributed by atoms with Gasteiger partial charge in [-0.05, 0) is 85.7 Å². The van der Waals surface area contributed by atoms with E-state index in [4.69, 9.17) is 9.72 Å². The number of carbonyl (C=O) groups excluding carboxylic acids is 1. The molecule has 4 aromatic rings. The van der Waals surface area contributed by atoms with Crippen LogP contribution >= 0.6 is 0 Å². The number of piperidine rings is 1. The van der Waals surface area contributed by atoms with Gasteiger partial charge in [-0.25, -0.2) is 15.0 Å². The molecule has 2 N–H and O–H groups in total. The number of Topliss-reactive ketones (excluding diaryl/α,β-unsaturated/α-hetero) is 1. The number of benzene rings is 2. The number of anilines is 1. The molecule has 2 aliphatic carbocycles. The van der Waals surface area contributed by atoms with E-state index in [2.05, 4.69) is 51.8 Å². The van der Waals surface area contributed by atoms with Gasteiger partial charge in [0.25, 0.3) is 0 Å². The fraction of sp³-hybridized carbons (Fsp3) is 0.429. The Labute approximate surface area is 247 Å². The second-order valence-corrected chi connectivity index (χ2v) is 12.5. The highest BCUT2D eigenvalue weighted by Gasteiger charge is 2.56. The van der Waals surface area contributed by atoms with Crippen LogP contribution in [0.4, 0.5) is 5.95 Å². The molecule has 1 unspecified atom stereocenters. The van der Waals surface area contributed by atoms with Gasteiger partial charge in [0.05, 0.1) is 11.3 Å². The molecular formula is C35H39N5O2. The minimum absolute atomic E-state index is 0.243. The van der Waals surface area contributed by atoms with Gasteiger partial charge < -0.3 is 15.4 Å². The van der Waals surface area contributed by atoms with Crippen molar-refractivity contribution in [1.29, 1.82) is 0 Å². The summed E-state index contributed by atoms with van der Waals surface area (Å²) in [5.41, 5.74) is 3.96. The summed E-state index contributed by atoms with van der Waals surface area (Å²) in [4.78, 5) is 27.3. The van der Waals surface area contributed by atoms with E-state index in [-0.39, 0.29) is 5.92 Å². The van der Waals surface area contributed by atoms with Gasteiger partial charge in [-0.15, -0.1) is 0 Å². The number of nitrogens with zero attached hydrogens (tertiary/aromatic N) is 3. The van der Waals surface area contributed by atoms with Crippen molar-refractivity contribution in [3.05, 3.63) is 72.1 Å². The van der Waals surface area contributed by atoms with Crippen molar-refractivity contribution in [3.63, 3.8) is 0 Å². The van der Waals surface area contributed by atoms with Crippen molar-refractivity contribution < 1.29 is 9.53 Å². The minimum atomic E-state index is 0.243. The molecule has 3 heterocycles. The molecule has 3 fully saturated rings. The highest BCUT2D eigenvalue weighted by atomic mass is 16.5. The van der Waals surface area contributed by atoms with Crippen LogP contribution in [-0.4, -0.2) is 39.9 Å². The van der Waals surface area contributed by atoms with E-state index < -0.39 is 0 Å². The Bertz CT molecular complexity index is 1610. The van der Waals surface area contributed by atoms with Crippen LogP contribution in [-0.2, 0) is 11.2 Å². The van der Waals surface area contributed by atoms with Gasteiger partial charge in [0.1, 0.15) is 11.5 Å². The molecule has 2 saturated carbocycles. The van der Waals surface area contributed by atoms with Crippen molar-refractivity contribution in [1.82, 2.24) is 20.3 Å². The van der Waals surface area contributed by atoms with Crippen LogP contribution in [0.2, 0.25) is 0 Å². The second kappa shape index (κ2) is 11.4. The topological polar surface area (TPSA) is 89.0 Å². The van der Waals surface area contributed by atoms with E-state index in [9.17, 15) is 4.79 Å². The van der Waals surface area contributed by atoms with E-state index in [1.807, 2.05) is 24.3 Å². The van der Waals surface area contributed by atoms with Crippen LogP contribution in [0.5, 0.6) is 11.6 Å². The number of nitrogens with one attached hydrogen (secondary N) is 2. The minimum Gasteiger partial charge on any atom is -0.437 e. The number of hydrogen-bond acceptors (Lipinski definition) is 7. The van der Waals surface area contributed by atoms with E-state index in [0.29, 0.717) is 35.5 Å². The molecule has 0 radical (unpaired) electrons. The molecule has 42 heavy (non-hydrogen) atoms. The zero-order valence-electron chi connectivity index (χ0n) is 24.4. The maximum atomic E-state index is 13.4. The molecule has 2 atom stereocenters. The maximum Gasteiger partial charge on any atom is 0.228 e. The zero-order chi connectivity index (χ0) is 28.5. The fourth-order valence-electron chi connectivity index (χ4n) is 7.22. The van der Waals surface area contributed by atoms with Crippen LogP contribution in [0.15, 0.2) is 60.9 Å². The Morgan fingerprint density at radius 3 is 2.76 bits per heavy atom. The molecule has 1 aliphatic heterocycles. The highest BCUT2D eigenvalue weighted by Crippen LogP contribution is 2.62. The lowest BCUT2D eigenvalue weighted by Crippen LogP contribution is -2.38. The first kappa shape index (κ1) is 27.0. The molecule has 216 valence electrons. The number of rotatable bonds is 8. The summed E-state index contributed by atoms with van der Waals surface area (Å²) < 4.78 is 6.62. The molecule has 2 aromatic heterocycles. The van der Waals surface area contributed by atoms with Crippen molar-refractivity contribution in [2.24, 2.45) is 11.3 Å². The lowest BCUT2D eigenvalue weighted by Gasteiger charge is -2.23. The molecular weight excluding hydrogens is 522 g/mol. The van der Waals surface area contributed by atoms with Crippen LogP contribution in [0.3, 0.4) is 0 Å². The average molecular weight is 562 g/mol. The van der Waals surface area contributed by atoms with Crippen LogP contribution in [0.1, 0.15) is 62.5 Å². The number of pyridine rings is 1. The van der Waals surface area contributed by atoms with Crippen LogP contribution < -0.4 is 15.4 Å². The molecule has 2 aromatic carbocycles. The highest BCUT2D eigenvalue weighted by molar-refractivity contribution is 5.96. The standard InChI is InChI=1S/C35H39N5O2/c1-23-12-13-26-24(20-31(41)29-21-35(29)15-3-2-4-16-35)8-5-10-27(26)32(23)42-33-28(11-7-18-37-33)30-14-19-38-34(40-30)39-25-9-6-17-36-22-25/h5,7-8,10-14,18-19,25,29,36H,2-4,6,9,15-17,20-22H2,1H3,(H,38,39,40)/t25-,29?/m0/s1. The molecule has 7 rings (SSSR count). The van der Waals surface area contributed by atoms with Crippen molar-refractivity contribution in [3.8, 4) is 22.9 Å². The van der Waals surface area contributed by atoms with E-state index in [1.54, 1.807) is 12.4 Å². The normalized spacial score (nSPS) is 21.3. The van der Waals surface area contributed by atoms with E-state index >= 15 is 0 Å². The number of carbonyl (C=O) groups is 1. The van der Waals surface area contributed by atoms with Crippen molar-refractivity contribution >= 4 is 22.5 Å². The molecule has 3 aliphatic rings. The van der Waals surface area contributed by atoms with Gasteiger partial charge in [0, 0.05) is 42.7 Å². The molecule has 1 saturated heterocycles. The number of ketones is 1. The number of ether oxygens (including phenoxy) is 1. The Morgan fingerprint density at radius 2 is 1.90 bits per heavy atom. The van der Waals surface area contributed by atoms with Gasteiger partial charge >= 0.3 is 0 Å². The SMILES string of the molecule is Cc1ccc2c(CC(=O)C3CC34CCCCC4)cccc2c1Oc1ncccc1-c1ccnc(N[C@H]2CCCNC2)n1. The maximum absolute atomic E-state index is 13.4. The molecule has 1 spiro atoms. The third-order valence-corrected chi connectivity index (χ3v) is 9.62. The number of aromatic nitrogens is 3. The molecule has 7 heteroatoms. The first-order valence-corrected chi connectivity index (χ1v) is 15.6. The first-order chi connectivity index (χ1) is 20.6. The number of fused-ring (bicyclic) bond motifs is 1. The number of hydrogen-bond donors (Lipinski definition) is 2. The Kier molecular flexibility index (Phi) is 7.36. The Balaban J connectivity index is 1.16. The molecule has 7 nitrogen and oxygen atoms in total.